The minimum atomic E-state index is -0.664. The number of amides is 1. The Morgan fingerprint density at radius 1 is 1.13 bits per heavy atom. The van der Waals surface area contributed by atoms with Gasteiger partial charge in [0.05, 0.1) is 6.04 Å². The van der Waals surface area contributed by atoms with Crippen molar-refractivity contribution in [2.24, 2.45) is 0 Å². The van der Waals surface area contributed by atoms with Gasteiger partial charge in [-0.05, 0) is 36.8 Å². The standard InChI is InChI=1S/C16H16N4O3/c21-10-1-3-14(11-22)19-15(23)12-4-6-13(7-5-12)20-16-17-8-2-9-18-16/h2,4-11,14H,1,3H2,(H,19,23)(H,17,18,20)/t14-/m0/s1. The number of anilines is 2. The lowest BCUT2D eigenvalue weighted by Gasteiger charge is -2.11. The lowest BCUT2D eigenvalue weighted by molar-refractivity contribution is -0.110. The fourth-order valence-corrected chi connectivity index (χ4v) is 1.87. The van der Waals surface area contributed by atoms with Gasteiger partial charge >= 0.3 is 0 Å². The molecular weight excluding hydrogens is 296 g/mol. The van der Waals surface area contributed by atoms with Gasteiger partial charge in [0.2, 0.25) is 5.95 Å². The third kappa shape index (κ3) is 4.99. The van der Waals surface area contributed by atoms with Crippen molar-refractivity contribution in [3.63, 3.8) is 0 Å². The molecule has 1 aromatic heterocycles. The van der Waals surface area contributed by atoms with Gasteiger partial charge in [0.15, 0.2) is 0 Å². The summed E-state index contributed by atoms with van der Waals surface area (Å²) in [6.07, 6.45) is 5.11. The monoisotopic (exact) mass is 312 g/mol. The van der Waals surface area contributed by atoms with E-state index in [-0.39, 0.29) is 12.3 Å². The van der Waals surface area contributed by atoms with Crippen LogP contribution >= 0.6 is 0 Å². The van der Waals surface area contributed by atoms with Crippen LogP contribution in [-0.4, -0.2) is 34.5 Å². The van der Waals surface area contributed by atoms with Crippen molar-refractivity contribution in [2.75, 3.05) is 5.32 Å². The fraction of sp³-hybridized carbons (Fsp3) is 0.188. The van der Waals surface area contributed by atoms with Crippen LogP contribution in [0.2, 0.25) is 0 Å². The van der Waals surface area contributed by atoms with E-state index in [1.165, 1.54) is 0 Å². The highest BCUT2D eigenvalue weighted by atomic mass is 16.2. The first-order valence-corrected chi connectivity index (χ1v) is 7.07. The first-order chi connectivity index (χ1) is 11.2. The zero-order valence-corrected chi connectivity index (χ0v) is 12.3. The van der Waals surface area contributed by atoms with E-state index in [4.69, 9.17) is 0 Å². The van der Waals surface area contributed by atoms with Crippen molar-refractivity contribution < 1.29 is 14.4 Å². The molecule has 0 aliphatic heterocycles. The molecule has 0 aliphatic rings. The molecule has 1 atom stereocenters. The summed E-state index contributed by atoms with van der Waals surface area (Å²) in [5.41, 5.74) is 1.16. The minimum Gasteiger partial charge on any atom is -0.343 e. The van der Waals surface area contributed by atoms with Crippen LogP contribution in [0.4, 0.5) is 11.6 Å². The van der Waals surface area contributed by atoms with Gasteiger partial charge in [0, 0.05) is 30.1 Å². The number of carbonyl (C=O) groups is 3. The third-order valence-corrected chi connectivity index (χ3v) is 3.05. The smallest absolute Gasteiger partial charge is 0.251 e. The number of nitrogens with one attached hydrogen (secondary N) is 2. The summed E-state index contributed by atoms with van der Waals surface area (Å²) in [4.78, 5) is 41.3. The maximum Gasteiger partial charge on any atom is 0.251 e. The second kappa shape index (κ2) is 8.38. The highest BCUT2D eigenvalue weighted by molar-refractivity contribution is 5.96. The maximum absolute atomic E-state index is 12.0. The van der Waals surface area contributed by atoms with Crippen LogP contribution in [0.15, 0.2) is 42.7 Å². The van der Waals surface area contributed by atoms with Gasteiger partial charge in [0.1, 0.15) is 12.6 Å². The lowest BCUT2D eigenvalue weighted by atomic mass is 10.1. The van der Waals surface area contributed by atoms with Crippen LogP contribution in [0, 0.1) is 0 Å². The molecule has 2 rings (SSSR count). The van der Waals surface area contributed by atoms with Crippen LogP contribution in [0.3, 0.4) is 0 Å². The molecule has 2 aromatic rings. The summed E-state index contributed by atoms with van der Waals surface area (Å²) in [6.45, 7) is 0. The summed E-state index contributed by atoms with van der Waals surface area (Å²) in [5, 5.41) is 5.58. The summed E-state index contributed by atoms with van der Waals surface area (Å²) in [5.74, 6) is 0.0927. The predicted molar refractivity (Wildman–Crippen MR) is 84.4 cm³/mol. The number of nitrogens with zero attached hydrogens (tertiary/aromatic N) is 2. The molecule has 1 amide bonds. The molecule has 1 heterocycles. The van der Waals surface area contributed by atoms with Crippen LogP contribution in [-0.2, 0) is 9.59 Å². The van der Waals surface area contributed by atoms with E-state index in [1.807, 2.05) is 0 Å². The van der Waals surface area contributed by atoms with Crippen LogP contribution in [0.5, 0.6) is 0 Å². The van der Waals surface area contributed by atoms with E-state index in [1.54, 1.807) is 42.7 Å². The number of hydrogen-bond donors (Lipinski definition) is 2. The average Bonchev–Trinajstić information content (AvgIpc) is 2.60. The lowest BCUT2D eigenvalue weighted by Crippen LogP contribution is -2.36. The first kappa shape index (κ1) is 16.3. The molecule has 2 N–H and O–H groups in total. The summed E-state index contributed by atoms with van der Waals surface area (Å²) < 4.78 is 0. The second-order valence-corrected chi connectivity index (χ2v) is 4.73. The van der Waals surface area contributed by atoms with Gasteiger partial charge in [-0.25, -0.2) is 9.97 Å². The first-order valence-electron chi connectivity index (χ1n) is 7.07. The molecule has 7 heteroatoms. The van der Waals surface area contributed by atoms with E-state index in [9.17, 15) is 14.4 Å². The molecule has 0 saturated heterocycles. The van der Waals surface area contributed by atoms with Crippen molar-refractivity contribution >= 4 is 30.1 Å². The van der Waals surface area contributed by atoms with E-state index in [0.717, 1.165) is 12.0 Å². The highest BCUT2D eigenvalue weighted by Crippen LogP contribution is 2.13. The van der Waals surface area contributed by atoms with Crippen molar-refractivity contribution in [3.05, 3.63) is 48.3 Å². The minimum absolute atomic E-state index is 0.226. The SMILES string of the molecule is O=CCC[C@@H](C=O)NC(=O)c1ccc(Nc2ncccn2)cc1. The molecule has 118 valence electrons. The van der Waals surface area contributed by atoms with Crippen molar-refractivity contribution in [2.45, 2.75) is 18.9 Å². The molecule has 0 fully saturated rings. The molecule has 0 saturated carbocycles. The Labute approximate surface area is 133 Å². The molecule has 1 aromatic carbocycles. The van der Waals surface area contributed by atoms with Crippen LogP contribution < -0.4 is 10.6 Å². The van der Waals surface area contributed by atoms with Gasteiger partial charge < -0.3 is 20.2 Å². The number of hydrogen-bond acceptors (Lipinski definition) is 6. The van der Waals surface area contributed by atoms with Gasteiger partial charge in [-0.15, -0.1) is 0 Å². The Balaban J connectivity index is 1.96. The average molecular weight is 312 g/mol. The Hall–Kier alpha value is -3.09. The van der Waals surface area contributed by atoms with E-state index in [2.05, 4.69) is 20.6 Å². The molecule has 23 heavy (non-hydrogen) atoms. The van der Waals surface area contributed by atoms with Gasteiger partial charge in [-0.3, -0.25) is 4.79 Å². The second-order valence-electron chi connectivity index (χ2n) is 4.73. The molecular formula is C16H16N4O3. The number of benzene rings is 1. The topological polar surface area (TPSA) is 101 Å². The van der Waals surface area contributed by atoms with Crippen molar-refractivity contribution in [1.82, 2.24) is 15.3 Å². The molecule has 0 unspecified atom stereocenters. The van der Waals surface area contributed by atoms with Gasteiger partial charge in [-0.1, -0.05) is 0 Å². The number of aldehydes is 2. The van der Waals surface area contributed by atoms with Gasteiger partial charge in [-0.2, -0.15) is 0 Å². The maximum atomic E-state index is 12.0. The summed E-state index contributed by atoms with van der Waals surface area (Å²) in [6, 6.07) is 7.74. The Morgan fingerprint density at radius 2 is 1.83 bits per heavy atom. The summed E-state index contributed by atoms with van der Waals surface area (Å²) >= 11 is 0. The highest BCUT2D eigenvalue weighted by Gasteiger charge is 2.12. The normalized spacial score (nSPS) is 11.3. The molecule has 7 nitrogen and oxygen atoms in total. The van der Waals surface area contributed by atoms with E-state index < -0.39 is 6.04 Å². The number of aromatic nitrogens is 2. The van der Waals surface area contributed by atoms with Crippen LogP contribution in [0.1, 0.15) is 23.2 Å². The van der Waals surface area contributed by atoms with E-state index in [0.29, 0.717) is 24.2 Å². The Morgan fingerprint density at radius 3 is 2.43 bits per heavy atom. The number of rotatable bonds is 8. The summed E-state index contributed by atoms with van der Waals surface area (Å²) in [7, 11) is 0. The Bertz CT molecular complexity index is 659. The van der Waals surface area contributed by atoms with E-state index >= 15 is 0 Å². The van der Waals surface area contributed by atoms with Crippen molar-refractivity contribution in [3.8, 4) is 0 Å². The van der Waals surface area contributed by atoms with Gasteiger partial charge in [0.25, 0.3) is 5.91 Å². The zero-order valence-electron chi connectivity index (χ0n) is 12.3. The molecule has 0 radical (unpaired) electrons. The molecule has 0 spiro atoms. The third-order valence-electron chi connectivity index (χ3n) is 3.05. The fourth-order valence-electron chi connectivity index (χ4n) is 1.87. The quantitative estimate of drug-likeness (QED) is 0.716. The predicted octanol–water partition coefficient (Wildman–Crippen LogP) is 1.50. The molecule has 0 aliphatic carbocycles. The zero-order chi connectivity index (χ0) is 16.5. The van der Waals surface area contributed by atoms with Crippen LogP contribution in [0.25, 0.3) is 0 Å². The largest absolute Gasteiger partial charge is 0.343 e. The Kier molecular flexibility index (Phi) is 5.93. The molecule has 0 bridgehead atoms. The number of carbonyl (C=O) groups excluding carboxylic acids is 3. The van der Waals surface area contributed by atoms with Crippen molar-refractivity contribution in [1.29, 1.82) is 0 Å².